The predicted octanol–water partition coefficient (Wildman–Crippen LogP) is 2.45. The van der Waals surface area contributed by atoms with Crippen molar-refractivity contribution >= 4 is 27.9 Å². The number of rotatable bonds is 5. The minimum atomic E-state index is -0.703. The molecule has 0 aromatic heterocycles. The van der Waals surface area contributed by atoms with Crippen LogP contribution in [0, 0.1) is 11.3 Å². The topological polar surface area (TPSA) is 99.2 Å². The summed E-state index contributed by atoms with van der Waals surface area (Å²) in [6.45, 7) is 0. The predicted molar refractivity (Wildman–Crippen MR) is 89.2 cm³/mol. The summed E-state index contributed by atoms with van der Waals surface area (Å²) in [4.78, 5) is 25.3. The second-order valence-electron chi connectivity index (χ2n) is 5.77. The van der Waals surface area contributed by atoms with Crippen LogP contribution in [0.15, 0.2) is 28.7 Å². The van der Waals surface area contributed by atoms with Gasteiger partial charge in [0.1, 0.15) is 5.54 Å². The fourth-order valence-corrected chi connectivity index (χ4v) is 3.15. The molecule has 0 aliphatic heterocycles. The van der Waals surface area contributed by atoms with Crippen molar-refractivity contribution in [2.24, 2.45) is 5.73 Å². The van der Waals surface area contributed by atoms with Crippen LogP contribution >= 0.6 is 15.9 Å². The average molecular weight is 379 g/mol. The number of hydrogen-bond acceptors (Lipinski definition) is 3. The number of nitrogens with zero attached hydrogens (tertiary/aromatic N) is 2. The Morgan fingerprint density at radius 3 is 2.70 bits per heavy atom. The zero-order valence-corrected chi connectivity index (χ0v) is 14.5. The van der Waals surface area contributed by atoms with E-state index in [0.717, 1.165) is 16.5 Å². The molecule has 0 radical (unpaired) electrons. The molecule has 1 atom stereocenters. The van der Waals surface area contributed by atoms with Gasteiger partial charge in [0.25, 0.3) is 0 Å². The van der Waals surface area contributed by atoms with E-state index in [0.29, 0.717) is 12.8 Å². The van der Waals surface area contributed by atoms with E-state index < -0.39 is 17.6 Å². The molecular formula is C16H19BrN4O2. The smallest absolute Gasteiger partial charge is 0.312 e. The first-order valence-electron chi connectivity index (χ1n) is 7.37. The van der Waals surface area contributed by atoms with E-state index in [1.54, 1.807) is 7.05 Å². The van der Waals surface area contributed by atoms with Crippen LogP contribution in [0.25, 0.3) is 0 Å². The molecule has 7 heteroatoms. The summed E-state index contributed by atoms with van der Waals surface area (Å²) in [5, 5.41) is 12.0. The Bertz CT molecular complexity index is 652. The highest BCUT2D eigenvalue weighted by Gasteiger charge is 2.43. The Hall–Kier alpha value is -2.07. The molecule has 3 amide bonds. The number of nitrogens with two attached hydrogens (primary N) is 1. The number of amides is 3. The van der Waals surface area contributed by atoms with Crippen molar-refractivity contribution in [3.05, 3.63) is 34.3 Å². The van der Waals surface area contributed by atoms with Crippen LogP contribution in [0.1, 0.15) is 37.3 Å². The van der Waals surface area contributed by atoms with Crippen LogP contribution in [-0.2, 0) is 4.79 Å². The van der Waals surface area contributed by atoms with Crippen molar-refractivity contribution in [3.8, 4) is 6.07 Å². The number of carbonyl (C=O) groups is 2. The third-order valence-electron chi connectivity index (χ3n) is 4.35. The lowest BCUT2D eigenvalue weighted by atomic mass is 9.76. The quantitative estimate of drug-likeness (QED) is 0.822. The van der Waals surface area contributed by atoms with Crippen molar-refractivity contribution in [2.45, 2.75) is 37.3 Å². The first-order chi connectivity index (χ1) is 10.9. The molecular weight excluding hydrogens is 360 g/mol. The van der Waals surface area contributed by atoms with E-state index in [9.17, 15) is 14.9 Å². The molecule has 1 aromatic rings. The maximum absolute atomic E-state index is 12.6. The standard InChI is InChI=1S/C16H19BrN4O2/c1-21(16(10-18)6-3-7-16)14(22)9-13(20-15(19)23)11-4-2-5-12(17)8-11/h2,4-5,8,13H,3,6-7,9H2,1H3,(H3,19,20,23)/t13-/m1/s1. The summed E-state index contributed by atoms with van der Waals surface area (Å²) in [6, 6.07) is 8.36. The molecule has 23 heavy (non-hydrogen) atoms. The van der Waals surface area contributed by atoms with Crippen LogP contribution in [0.2, 0.25) is 0 Å². The normalized spacial score (nSPS) is 16.6. The number of carbonyl (C=O) groups excluding carboxylic acids is 2. The Balaban J connectivity index is 2.16. The lowest BCUT2D eigenvalue weighted by Crippen LogP contribution is -2.54. The van der Waals surface area contributed by atoms with E-state index in [4.69, 9.17) is 5.73 Å². The maximum atomic E-state index is 12.6. The Morgan fingerprint density at radius 2 is 2.22 bits per heavy atom. The van der Waals surface area contributed by atoms with Crippen molar-refractivity contribution in [1.29, 1.82) is 5.26 Å². The highest BCUT2D eigenvalue weighted by atomic mass is 79.9. The maximum Gasteiger partial charge on any atom is 0.312 e. The monoisotopic (exact) mass is 378 g/mol. The summed E-state index contributed by atoms with van der Waals surface area (Å²) < 4.78 is 0.847. The summed E-state index contributed by atoms with van der Waals surface area (Å²) in [7, 11) is 1.65. The van der Waals surface area contributed by atoms with Crippen LogP contribution in [-0.4, -0.2) is 29.4 Å². The first kappa shape index (κ1) is 17.3. The lowest BCUT2D eigenvalue weighted by Gasteiger charge is -2.43. The van der Waals surface area contributed by atoms with Gasteiger partial charge in [0, 0.05) is 11.5 Å². The third-order valence-corrected chi connectivity index (χ3v) is 4.84. The number of urea groups is 1. The number of nitriles is 1. The SMILES string of the molecule is CN(C(=O)C[C@@H](NC(N)=O)c1cccc(Br)c1)C1(C#N)CCC1. The van der Waals surface area contributed by atoms with Gasteiger partial charge in [-0.25, -0.2) is 4.79 Å². The fraction of sp³-hybridized carbons (Fsp3) is 0.438. The number of nitrogens with one attached hydrogen (secondary N) is 1. The van der Waals surface area contributed by atoms with E-state index in [-0.39, 0.29) is 12.3 Å². The summed E-state index contributed by atoms with van der Waals surface area (Å²) in [6.07, 6.45) is 2.38. The molecule has 2 rings (SSSR count). The summed E-state index contributed by atoms with van der Waals surface area (Å²) >= 11 is 3.37. The van der Waals surface area contributed by atoms with Gasteiger partial charge < -0.3 is 16.0 Å². The number of hydrogen-bond donors (Lipinski definition) is 2. The van der Waals surface area contributed by atoms with E-state index in [1.807, 2.05) is 24.3 Å². The van der Waals surface area contributed by atoms with Gasteiger partial charge in [-0.05, 0) is 37.0 Å². The van der Waals surface area contributed by atoms with Crippen molar-refractivity contribution in [3.63, 3.8) is 0 Å². The van der Waals surface area contributed by atoms with Crippen LogP contribution in [0.4, 0.5) is 4.79 Å². The van der Waals surface area contributed by atoms with E-state index in [1.165, 1.54) is 4.90 Å². The number of primary amides is 1. The molecule has 0 unspecified atom stereocenters. The third kappa shape index (κ3) is 3.82. The Labute approximate surface area is 143 Å². The van der Waals surface area contributed by atoms with Gasteiger partial charge in [-0.1, -0.05) is 28.1 Å². The number of halogens is 1. The molecule has 122 valence electrons. The molecule has 0 heterocycles. The molecule has 6 nitrogen and oxygen atoms in total. The highest BCUT2D eigenvalue weighted by Crippen LogP contribution is 2.37. The van der Waals surface area contributed by atoms with Gasteiger partial charge in [0.2, 0.25) is 5.91 Å². The Kier molecular flexibility index (Phi) is 5.26. The van der Waals surface area contributed by atoms with Gasteiger partial charge >= 0.3 is 6.03 Å². The zero-order chi connectivity index (χ0) is 17.0. The van der Waals surface area contributed by atoms with Crippen LogP contribution in [0.5, 0.6) is 0 Å². The van der Waals surface area contributed by atoms with Gasteiger partial charge in [0.05, 0.1) is 18.5 Å². The molecule has 0 bridgehead atoms. The minimum Gasteiger partial charge on any atom is -0.352 e. The molecule has 1 saturated carbocycles. The molecule has 3 N–H and O–H groups in total. The second kappa shape index (κ2) is 7.01. The van der Waals surface area contributed by atoms with Gasteiger partial charge in [-0.2, -0.15) is 5.26 Å². The largest absolute Gasteiger partial charge is 0.352 e. The van der Waals surface area contributed by atoms with Crippen LogP contribution in [0.3, 0.4) is 0 Å². The molecule has 0 saturated heterocycles. The minimum absolute atomic E-state index is 0.0549. The number of benzene rings is 1. The van der Waals surface area contributed by atoms with Crippen LogP contribution < -0.4 is 11.1 Å². The Morgan fingerprint density at radius 1 is 1.52 bits per heavy atom. The summed E-state index contributed by atoms with van der Waals surface area (Å²) in [5.74, 6) is -0.190. The van der Waals surface area contributed by atoms with E-state index >= 15 is 0 Å². The lowest BCUT2D eigenvalue weighted by molar-refractivity contribution is -0.136. The fourth-order valence-electron chi connectivity index (χ4n) is 2.73. The van der Waals surface area contributed by atoms with Gasteiger partial charge in [-0.3, -0.25) is 4.79 Å². The zero-order valence-electron chi connectivity index (χ0n) is 12.9. The molecule has 1 aliphatic carbocycles. The molecule has 1 fully saturated rings. The van der Waals surface area contributed by atoms with Gasteiger partial charge in [0.15, 0.2) is 0 Å². The average Bonchev–Trinajstić information content (AvgIpc) is 2.45. The van der Waals surface area contributed by atoms with Gasteiger partial charge in [-0.15, -0.1) is 0 Å². The summed E-state index contributed by atoms with van der Waals surface area (Å²) in [5.41, 5.74) is 5.31. The molecule has 0 spiro atoms. The molecule has 1 aliphatic rings. The highest BCUT2D eigenvalue weighted by molar-refractivity contribution is 9.10. The van der Waals surface area contributed by atoms with Crippen molar-refractivity contribution in [2.75, 3.05) is 7.05 Å². The second-order valence-corrected chi connectivity index (χ2v) is 6.69. The molecule has 1 aromatic carbocycles. The van der Waals surface area contributed by atoms with Crippen molar-refractivity contribution < 1.29 is 9.59 Å². The first-order valence-corrected chi connectivity index (χ1v) is 8.16. The van der Waals surface area contributed by atoms with Crippen molar-refractivity contribution in [1.82, 2.24) is 10.2 Å². The van der Waals surface area contributed by atoms with E-state index in [2.05, 4.69) is 27.3 Å².